The Morgan fingerprint density at radius 2 is 2.17 bits per heavy atom. The number of nitrogens with zero attached hydrogens (tertiary/aromatic N) is 3. The van der Waals surface area contributed by atoms with Crippen molar-refractivity contribution in [2.24, 2.45) is 0 Å². The van der Waals surface area contributed by atoms with Crippen LogP contribution in [-0.4, -0.2) is 65.0 Å². The highest BCUT2D eigenvalue weighted by molar-refractivity contribution is 6.05. The molecule has 1 amide bonds. The third-order valence-corrected chi connectivity index (χ3v) is 5.66. The molecule has 0 radical (unpaired) electrons. The molecule has 3 atom stereocenters. The number of ether oxygens (including phenoxy) is 1. The molecule has 0 aliphatic carbocycles. The number of carbonyl (C=O) groups excluding carboxylic acids is 2. The number of hydrogen-bond acceptors (Lipinski definition) is 6. The first-order valence-electron chi connectivity index (χ1n) is 7.99. The van der Waals surface area contributed by atoms with Gasteiger partial charge in [-0.3, -0.25) is 14.5 Å². The molecule has 0 saturated carbocycles. The lowest BCUT2D eigenvalue weighted by Gasteiger charge is -2.68. The van der Waals surface area contributed by atoms with Crippen molar-refractivity contribution >= 4 is 11.7 Å². The van der Waals surface area contributed by atoms with E-state index in [0.29, 0.717) is 31.0 Å². The Morgan fingerprint density at radius 3 is 2.91 bits per heavy atom. The van der Waals surface area contributed by atoms with Crippen molar-refractivity contribution in [3.8, 4) is 0 Å². The molecule has 0 spiro atoms. The quantitative estimate of drug-likeness (QED) is 0.763. The van der Waals surface area contributed by atoms with Gasteiger partial charge in [-0.2, -0.15) is 0 Å². The Bertz CT molecular complexity index is 685. The maximum Gasteiger partial charge on any atom is 0.223 e. The zero-order valence-corrected chi connectivity index (χ0v) is 13.7. The van der Waals surface area contributed by atoms with Crippen LogP contribution in [0, 0.1) is 6.92 Å². The fourth-order valence-electron chi connectivity index (χ4n) is 4.55. The summed E-state index contributed by atoms with van der Waals surface area (Å²) in [4.78, 5) is 29.2. The summed E-state index contributed by atoms with van der Waals surface area (Å²) in [6.45, 7) is 2.82. The first kappa shape index (κ1) is 14.8. The van der Waals surface area contributed by atoms with E-state index in [1.54, 1.807) is 18.9 Å². The minimum atomic E-state index is -0.480. The number of aromatic nitrogens is 1. The lowest BCUT2D eigenvalue weighted by Crippen LogP contribution is -2.82. The second-order valence-electron chi connectivity index (χ2n) is 6.96. The molecule has 4 rings (SSSR count). The minimum absolute atomic E-state index is 0.0194. The summed E-state index contributed by atoms with van der Waals surface area (Å²) in [5.41, 5.74) is 0.652. The van der Waals surface area contributed by atoms with Crippen LogP contribution in [0.4, 0.5) is 0 Å². The molecule has 3 aliphatic heterocycles. The van der Waals surface area contributed by atoms with Gasteiger partial charge in [0.2, 0.25) is 11.7 Å². The van der Waals surface area contributed by atoms with Crippen molar-refractivity contribution in [2.75, 3.05) is 20.7 Å². The molecular formula is C16H21N3O4. The van der Waals surface area contributed by atoms with Gasteiger partial charge in [0.1, 0.15) is 5.76 Å². The summed E-state index contributed by atoms with van der Waals surface area (Å²) in [5.74, 6) is 0.817. The van der Waals surface area contributed by atoms with Gasteiger partial charge < -0.3 is 14.2 Å². The number of ketones is 1. The summed E-state index contributed by atoms with van der Waals surface area (Å²) in [5, 5.41) is 3.99. The largest absolute Gasteiger partial charge is 0.380 e. The predicted octanol–water partition coefficient (Wildman–Crippen LogP) is 0.760. The number of amides is 1. The minimum Gasteiger partial charge on any atom is -0.380 e. The van der Waals surface area contributed by atoms with E-state index in [4.69, 9.17) is 9.26 Å². The van der Waals surface area contributed by atoms with E-state index in [-0.39, 0.29) is 23.8 Å². The second kappa shape index (κ2) is 4.88. The third-order valence-electron chi connectivity index (χ3n) is 5.66. The summed E-state index contributed by atoms with van der Waals surface area (Å²) in [6.07, 6.45) is 2.03. The van der Waals surface area contributed by atoms with Crippen molar-refractivity contribution in [3.63, 3.8) is 0 Å². The zero-order chi connectivity index (χ0) is 16.4. The van der Waals surface area contributed by atoms with Crippen LogP contribution in [-0.2, 0) is 16.1 Å². The van der Waals surface area contributed by atoms with Crippen LogP contribution in [0.3, 0.4) is 0 Å². The molecule has 3 fully saturated rings. The number of hydrogen-bond donors (Lipinski definition) is 0. The van der Waals surface area contributed by atoms with Crippen molar-refractivity contribution in [3.05, 3.63) is 17.0 Å². The average molecular weight is 319 g/mol. The number of piperidine rings is 1. The van der Waals surface area contributed by atoms with E-state index in [0.717, 1.165) is 18.4 Å². The van der Waals surface area contributed by atoms with E-state index >= 15 is 0 Å². The first-order valence-corrected chi connectivity index (χ1v) is 7.99. The lowest BCUT2D eigenvalue weighted by atomic mass is 9.61. The van der Waals surface area contributed by atoms with Crippen molar-refractivity contribution in [1.82, 2.24) is 15.0 Å². The van der Waals surface area contributed by atoms with Crippen molar-refractivity contribution in [2.45, 2.75) is 50.4 Å². The molecular weight excluding hydrogens is 298 g/mol. The van der Waals surface area contributed by atoms with Crippen LogP contribution in [0.1, 0.15) is 41.1 Å². The molecule has 0 aromatic carbocycles. The van der Waals surface area contributed by atoms with Gasteiger partial charge in [-0.05, 0) is 19.8 Å². The Balaban J connectivity index is 1.61. The Hall–Kier alpha value is -1.73. The lowest BCUT2D eigenvalue weighted by molar-refractivity contribution is -0.165. The van der Waals surface area contributed by atoms with Crippen LogP contribution in [0.5, 0.6) is 0 Å². The monoisotopic (exact) mass is 319 g/mol. The molecule has 1 aromatic heterocycles. The van der Waals surface area contributed by atoms with E-state index in [1.807, 2.05) is 7.05 Å². The number of Topliss-reactive ketones (excluding diaryl/α,β-unsaturated/α-hetero) is 1. The van der Waals surface area contributed by atoms with Gasteiger partial charge in [-0.1, -0.05) is 5.16 Å². The van der Waals surface area contributed by atoms with Gasteiger partial charge in [-0.25, -0.2) is 0 Å². The molecule has 23 heavy (non-hydrogen) atoms. The Labute approximate surface area is 134 Å². The van der Waals surface area contributed by atoms with Crippen molar-refractivity contribution < 1.29 is 18.8 Å². The maximum absolute atomic E-state index is 13.1. The summed E-state index contributed by atoms with van der Waals surface area (Å²) < 4.78 is 10.4. The fourth-order valence-corrected chi connectivity index (χ4v) is 4.55. The number of likely N-dealkylation sites (N-methyl/N-ethyl adjacent to an activating group) is 1. The van der Waals surface area contributed by atoms with Gasteiger partial charge in [0.15, 0.2) is 5.69 Å². The second-order valence-corrected chi connectivity index (χ2v) is 6.96. The van der Waals surface area contributed by atoms with E-state index in [1.165, 1.54) is 0 Å². The Morgan fingerprint density at radius 1 is 1.43 bits per heavy atom. The number of methoxy groups -OCH3 is 1. The predicted molar refractivity (Wildman–Crippen MR) is 79.9 cm³/mol. The van der Waals surface area contributed by atoms with E-state index in [2.05, 4.69) is 10.1 Å². The van der Waals surface area contributed by atoms with Crippen LogP contribution in [0.15, 0.2) is 4.52 Å². The molecule has 7 nitrogen and oxygen atoms in total. The molecule has 3 saturated heterocycles. The van der Waals surface area contributed by atoms with Crippen LogP contribution >= 0.6 is 0 Å². The average Bonchev–Trinajstić information content (AvgIpc) is 2.83. The topological polar surface area (TPSA) is 75.9 Å². The zero-order valence-electron chi connectivity index (χ0n) is 13.7. The highest BCUT2D eigenvalue weighted by Crippen LogP contribution is 2.55. The summed E-state index contributed by atoms with van der Waals surface area (Å²) >= 11 is 0. The standard InChI is InChI=1S/C16H21N3O4/c1-9-12(8-22-3)14(17-23-9)15(21)16-5-10-4-13(20)18(2)7-11(6-16)19(10)16/h10-11H,4-8H2,1-3H3/t10-,11-,16?/m0/s1. The molecule has 7 heteroatoms. The van der Waals surface area contributed by atoms with Gasteiger partial charge >= 0.3 is 0 Å². The highest BCUT2D eigenvalue weighted by atomic mass is 16.5. The SMILES string of the molecule is COCc1c(C(=O)C23C[C@H]4CN(C)C(=O)C[C@@H](C2)N43)noc1C. The van der Waals surface area contributed by atoms with Gasteiger partial charge in [0, 0.05) is 39.2 Å². The van der Waals surface area contributed by atoms with Gasteiger partial charge in [-0.15, -0.1) is 0 Å². The van der Waals surface area contributed by atoms with E-state index < -0.39 is 5.54 Å². The normalized spacial score (nSPS) is 32.8. The maximum atomic E-state index is 13.1. The molecule has 0 N–H and O–H groups in total. The number of carbonyl (C=O) groups is 2. The van der Waals surface area contributed by atoms with Crippen LogP contribution in [0.2, 0.25) is 0 Å². The molecule has 0 bridgehead atoms. The smallest absolute Gasteiger partial charge is 0.223 e. The van der Waals surface area contributed by atoms with E-state index in [9.17, 15) is 9.59 Å². The summed E-state index contributed by atoms with van der Waals surface area (Å²) in [6, 6.07) is 0.474. The molecule has 4 heterocycles. The molecule has 1 unspecified atom stereocenters. The third kappa shape index (κ3) is 1.86. The van der Waals surface area contributed by atoms with Gasteiger partial charge in [0.25, 0.3) is 0 Å². The fraction of sp³-hybridized carbons (Fsp3) is 0.688. The van der Waals surface area contributed by atoms with Crippen molar-refractivity contribution in [1.29, 1.82) is 0 Å². The highest BCUT2D eigenvalue weighted by Gasteiger charge is 2.68. The van der Waals surface area contributed by atoms with Crippen LogP contribution < -0.4 is 0 Å². The molecule has 124 valence electrons. The Kier molecular flexibility index (Phi) is 3.15. The number of rotatable bonds is 4. The first-order chi connectivity index (χ1) is 11.0. The van der Waals surface area contributed by atoms with Gasteiger partial charge in [0.05, 0.1) is 17.7 Å². The molecule has 3 aliphatic rings. The summed E-state index contributed by atoms with van der Waals surface area (Å²) in [7, 11) is 3.43. The molecule has 1 aromatic rings. The number of aryl methyl sites for hydroxylation is 1. The van der Waals surface area contributed by atoms with Crippen LogP contribution in [0.25, 0.3) is 0 Å².